The van der Waals surface area contributed by atoms with E-state index in [0.29, 0.717) is 6.61 Å². The van der Waals surface area contributed by atoms with Crippen LogP contribution in [0.3, 0.4) is 0 Å². The molecule has 0 spiro atoms. The molecule has 0 aliphatic carbocycles. The molecule has 5 nitrogen and oxygen atoms in total. The van der Waals surface area contributed by atoms with E-state index in [-0.39, 0.29) is 6.10 Å². The lowest BCUT2D eigenvalue weighted by molar-refractivity contribution is -0.318. The molecule has 0 aromatic heterocycles. The first kappa shape index (κ1) is 15.3. The second kappa shape index (κ2) is 6.64. The van der Waals surface area contributed by atoms with Gasteiger partial charge in [-0.05, 0) is 5.75 Å². The molecule has 2 aliphatic rings. The second-order valence-corrected chi connectivity index (χ2v) is 6.53. The van der Waals surface area contributed by atoms with Crippen LogP contribution in [0.1, 0.15) is 18.8 Å². The van der Waals surface area contributed by atoms with Crippen LogP contribution in [0.4, 0.5) is 0 Å². The molecule has 2 N–H and O–H groups in total. The molecule has 2 saturated heterocycles. The Bertz CT molecular complexity index is 455. The molecule has 3 unspecified atom stereocenters. The first-order valence-corrected chi connectivity index (χ1v) is 8.20. The maximum Gasteiger partial charge on any atom is 0.184 e. The smallest absolute Gasteiger partial charge is 0.184 e. The van der Waals surface area contributed by atoms with Crippen LogP contribution in [0.15, 0.2) is 30.3 Å². The lowest BCUT2D eigenvalue weighted by Crippen LogP contribution is -2.60. The van der Waals surface area contributed by atoms with E-state index >= 15 is 0 Å². The number of rotatable bonds is 3. The van der Waals surface area contributed by atoms with E-state index in [2.05, 4.69) is 0 Å². The third-order valence-corrected chi connectivity index (χ3v) is 4.79. The van der Waals surface area contributed by atoms with Gasteiger partial charge in [-0.1, -0.05) is 37.3 Å². The van der Waals surface area contributed by atoms with Crippen LogP contribution in [0.2, 0.25) is 0 Å². The zero-order valence-electron chi connectivity index (χ0n) is 11.8. The first-order valence-electron chi connectivity index (χ1n) is 7.16. The summed E-state index contributed by atoms with van der Waals surface area (Å²) in [5, 5.41) is 20.5. The van der Waals surface area contributed by atoms with Gasteiger partial charge in [0.2, 0.25) is 0 Å². The van der Waals surface area contributed by atoms with E-state index in [1.807, 2.05) is 37.3 Å². The Morgan fingerprint density at radius 3 is 2.62 bits per heavy atom. The van der Waals surface area contributed by atoms with E-state index in [0.717, 1.165) is 11.3 Å². The van der Waals surface area contributed by atoms with Gasteiger partial charge in [-0.25, -0.2) is 0 Å². The van der Waals surface area contributed by atoms with Gasteiger partial charge >= 0.3 is 0 Å². The van der Waals surface area contributed by atoms with Crippen molar-refractivity contribution in [1.82, 2.24) is 0 Å². The van der Waals surface area contributed by atoms with Crippen LogP contribution < -0.4 is 0 Å². The minimum atomic E-state index is -0.970. The van der Waals surface area contributed by atoms with Gasteiger partial charge in [0, 0.05) is 5.56 Å². The number of aliphatic hydroxyl groups is 2. The molecular formula is C15H20O5S. The summed E-state index contributed by atoms with van der Waals surface area (Å²) < 4.78 is 17.3. The zero-order chi connectivity index (χ0) is 14.8. The van der Waals surface area contributed by atoms with E-state index in [9.17, 15) is 10.2 Å². The topological polar surface area (TPSA) is 68.2 Å². The number of benzene rings is 1. The predicted octanol–water partition coefficient (Wildman–Crippen LogP) is 1.30. The second-order valence-electron chi connectivity index (χ2n) is 5.16. The predicted molar refractivity (Wildman–Crippen MR) is 78.8 cm³/mol. The summed E-state index contributed by atoms with van der Waals surface area (Å²) in [6, 6.07) is 9.56. The number of ether oxygens (including phenoxy) is 3. The highest BCUT2D eigenvalue weighted by atomic mass is 32.2. The highest BCUT2D eigenvalue weighted by molar-refractivity contribution is 7.99. The fraction of sp³-hybridized carbons (Fsp3) is 0.600. The molecule has 2 fully saturated rings. The number of aliphatic hydroxyl groups excluding tert-OH is 2. The van der Waals surface area contributed by atoms with Crippen LogP contribution in [-0.2, 0) is 14.2 Å². The average Bonchev–Trinajstić information content (AvgIpc) is 2.53. The minimum Gasteiger partial charge on any atom is -0.387 e. The summed E-state index contributed by atoms with van der Waals surface area (Å²) in [5.74, 6) is 0.806. The van der Waals surface area contributed by atoms with Gasteiger partial charge in [0.25, 0.3) is 0 Å². The summed E-state index contributed by atoms with van der Waals surface area (Å²) in [6.07, 6.45) is -3.39. The molecule has 0 amide bonds. The number of hydrogen-bond donors (Lipinski definition) is 2. The minimum absolute atomic E-state index is 0.342. The molecule has 6 atom stereocenters. The van der Waals surface area contributed by atoms with Crippen molar-refractivity contribution in [1.29, 1.82) is 0 Å². The molecule has 2 heterocycles. The molecule has 0 bridgehead atoms. The van der Waals surface area contributed by atoms with Gasteiger partial charge < -0.3 is 24.4 Å². The SMILES string of the molecule is CCS[C@@H]1OC2COC(c3ccccc3)O[C@H]2[C@H](O)C1O. The van der Waals surface area contributed by atoms with Crippen molar-refractivity contribution < 1.29 is 24.4 Å². The molecule has 0 saturated carbocycles. The van der Waals surface area contributed by atoms with E-state index in [1.54, 1.807) is 0 Å². The summed E-state index contributed by atoms with van der Waals surface area (Å²) in [5.41, 5.74) is 0.453. The molecule has 3 rings (SSSR count). The number of fused-ring (bicyclic) bond motifs is 1. The summed E-state index contributed by atoms with van der Waals surface area (Å²) in [4.78, 5) is 0. The standard InChI is InChI=1S/C15H20O5S/c1-2-21-15-12(17)11(16)13-10(19-15)8-18-14(20-13)9-6-4-3-5-7-9/h3-7,10-17H,2,8H2,1H3/t10?,11-,12?,13-,14?,15+/m1/s1. The average molecular weight is 312 g/mol. The summed E-state index contributed by atoms with van der Waals surface area (Å²) >= 11 is 1.47. The fourth-order valence-electron chi connectivity index (χ4n) is 2.66. The van der Waals surface area contributed by atoms with Crippen LogP contribution in [0, 0.1) is 0 Å². The Kier molecular flexibility index (Phi) is 4.83. The third kappa shape index (κ3) is 3.11. The monoisotopic (exact) mass is 312 g/mol. The highest BCUT2D eigenvalue weighted by Gasteiger charge is 2.48. The Morgan fingerprint density at radius 2 is 1.90 bits per heavy atom. The maximum absolute atomic E-state index is 10.3. The van der Waals surface area contributed by atoms with Crippen LogP contribution in [0.5, 0.6) is 0 Å². The molecule has 0 radical (unpaired) electrons. The van der Waals surface area contributed by atoms with Gasteiger partial charge in [0.1, 0.15) is 29.9 Å². The van der Waals surface area contributed by atoms with Crippen LogP contribution in [-0.4, -0.2) is 52.4 Å². The van der Waals surface area contributed by atoms with Gasteiger partial charge in [-0.3, -0.25) is 0 Å². The molecule has 6 heteroatoms. The van der Waals surface area contributed by atoms with Gasteiger partial charge in [-0.2, -0.15) is 0 Å². The normalized spacial score (nSPS) is 39.8. The van der Waals surface area contributed by atoms with Crippen molar-refractivity contribution in [3.8, 4) is 0 Å². The third-order valence-electron chi connectivity index (χ3n) is 3.74. The van der Waals surface area contributed by atoms with E-state index in [4.69, 9.17) is 14.2 Å². The Morgan fingerprint density at radius 1 is 1.14 bits per heavy atom. The molecule has 1 aromatic carbocycles. The van der Waals surface area contributed by atoms with E-state index in [1.165, 1.54) is 11.8 Å². The van der Waals surface area contributed by atoms with Crippen molar-refractivity contribution in [2.24, 2.45) is 0 Å². The first-order chi connectivity index (χ1) is 10.2. The number of thioether (sulfide) groups is 1. The molecule has 2 aliphatic heterocycles. The fourth-order valence-corrected chi connectivity index (χ4v) is 3.57. The summed E-state index contributed by atoms with van der Waals surface area (Å²) in [7, 11) is 0. The van der Waals surface area contributed by atoms with Crippen molar-refractivity contribution >= 4 is 11.8 Å². The Hall–Kier alpha value is -0.630. The lowest BCUT2D eigenvalue weighted by atomic mass is 9.99. The van der Waals surface area contributed by atoms with Crippen molar-refractivity contribution in [3.05, 3.63) is 35.9 Å². The van der Waals surface area contributed by atoms with Crippen molar-refractivity contribution in [3.63, 3.8) is 0 Å². The summed E-state index contributed by atoms with van der Waals surface area (Å²) in [6.45, 7) is 2.33. The molecule has 1 aromatic rings. The Balaban J connectivity index is 1.71. The van der Waals surface area contributed by atoms with Gasteiger partial charge in [0.05, 0.1) is 6.61 Å². The highest BCUT2D eigenvalue weighted by Crippen LogP contribution is 2.36. The van der Waals surface area contributed by atoms with Gasteiger partial charge in [-0.15, -0.1) is 11.8 Å². The van der Waals surface area contributed by atoms with Crippen LogP contribution in [0.25, 0.3) is 0 Å². The quantitative estimate of drug-likeness (QED) is 0.877. The zero-order valence-corrected chi connectivity index (χ0v) is 12.6. The molecule has 21 heavy (non-hydrogen) atoms. The van der Waals surface area contributed by atoms with Crippen LogP contribution >= 0.6 is 11.8 Å². The number of hydrogen-bond acceptors (Lipinski definition) is 6. The van der Waals surface area contributed by atoms with Crippen molar-refractivity contribution in [2.45, 2.75) is 43.1 Å². The molecule has 116 valence electrons. The van der Waals surface area contributed by atoms with Crippen molar-refractivity contribution in [2.75, 3.05) is 12.4 Å². The van der Waals surface area contributed by atoms with Gasteiger partial charge in [0.15, 0.2) is 6.29 Å². The largest absolute Gasteiger partial charge is 0.387 e. The Labute approximate surface area is 128 Å². The lowest BCUT2D eigenvalue weighted by Gasteiger charge is -2.46. The van der Waals surface area contributed by atoms with E-state index < -0.39 is 30.0 Å². The molecular weight excluding hydrogens is 292 g/mol. The maximum atomic E-state index is 10.3.